The van der Waals surface area contributed by atoms with Crippen LogP contribution in [0.5, 0.6) is 0 Å². The van der Waals surface area contributed by atoms with Gasteiger partial charge in [-0.25, -0.2) is 4.79 Å². The van der Waals surface area contributed by atoms with E-state index in [1.54, 1.807) is 6.07 Å². The average molecular weight is 294 g/mol. The summed E-state index contributed by atoms with van der Waals surface area (Å²) in [7, 11) is 1.38. The first-order valence-corrected chi connectivity index (χ1v) is 7.88. The van der Waals surface area contributed by atoms with Crippen LogP contribution in [0.4, 0.5) is 0 Å². The molecule has 0 bridgehead atoms. The molecular weight excluding hydrogens is 268 g/mol. The maximum atomic E-state index is 11.3. The Morgan fingerprint density at radius 3 is 2.90 bits per heavy atom. The molecule has 1 saturated carbocycles. The quantitative estimate of drug-likeness (QED) is 0.571. The van der Waals surface area contributed by atoms with Crippen LogP contribution in [-0.4, -0.2) is 37.3 Å². The number of hydrogen-bond acceptors (Lipinski definition) is 4. The van der Waals surface area contributed by atoms with Crippen molar-refractivity contribution in [2.75, 3.05) is 20.3 Å². The smallest absolute Gasteiger partial charge is 0.354 e. The van der Waals surface area contributed by atoms with Crippen LogP contribution in [0.1, 0.15) is 54.7 Å². The summed E-state index contributed by atoms with van der Waals surface area (Å²) < 4.78 is 10.5. The zero-order valence-electron chi connectivity index (χ0n) is 12.8. The van der Waals surface area contributed by atoms with Crippen LogP contribution in [0.2, 0.25) is 0 Å². The zero-order chi connectivity index (χ0) is 14.9. The maximum Gasteiger partial charge on any atom is 0.354 e. The number of esters is 1. The fourth-order valence-electron chi connectivity index (χ4n) is 2.67. The molecule has 1 aromatic rings. The van der Waals surface area contributed by atoms with E-state index in [0.717, 1.165) is 31.8 Å². The van der Waals surface area contributed by atoms with Gasteiger partial charge in [0.2, 0.25) is 0 Å². The number of hydrogen-bond donors (Lipinski definition) is 2. The second-order valence-corrected chi connectivity index (χ2v) is 5.55. The lowest BCUT2D eigenvalue weighted by molar-refractivity contribution is 0.0273. The number of methoxy groups -OCH3 is 1. The van der Waals surface area contributed by atoms with Crippen molar-refractivity contribution in [1.82, 2.24) is 10.3 Å². The summed E-state index contributed by atoms with van der Waals surface area (Å²) in [4.78, 5) is 14.3. The molecule has 1 aliphatic carbocycles. The Bertz CT molecular complexity index is 425. The normalized spacial score (nSPS) is 16.0. The van der Waals surface area contributed by atoms with Gasteiger partial charge in [-0.3, -0.25) is 0 Å². The number of nitrogens with one attached hydrogen (secondary N) is 2. The van der Waals surface area contributed by atoms with Crippen LogP contribution in [0, 0.1) is 0 Å². The molecule has 2 rings (SSSR count). The number of aromatic amines is 1. The molecule has 118 valence electrons. The maximum absolute atomic E-state index is 11.3. The summed E-state index contributed by atoms with van der Waals surface area (Å²) in [6.07, 6.45) is 7.96. The summed E-state index contributed by atoms with van der Waals surface area (Å²) in [5.74, 6) is -0.331. The number of H-pyrrole nitrogens is 1. The van der Waals surface area contributed by atoms with Crippen LogP contribution < -0.4 is 5.32 Å². The van der Waals surface area contributed by atoms with Gasteiger partial charge >= 0.3 is 5.97 Å². The van der Waals surface area contributed by atoms with Crippen molar-refractivity contribution in [2.45, 2.75) is 51.2 Å². The predicted octanol–water partition coefficient (Wildman–Crippen LogP) is 2.63. The van der Waals surface area contributed by atoms with Crippen molar-refractivity contribution in [3.63, 3.8) is 0 Å². The highest BCUT2D eigenvalue weighted by atomic mass is 16.5. The molecule has 1 fully saturated rings. The Labute approximate surface area is 126 Å². The second kappa shape index (κ2) is 8.85. The highest BCUT2D eigenvalue weighted by Crippen LogP contribution is 2.20. The van der Waals surface area contributed by atoms with Gasteiger partial charge in [-0.1, -0.05) is 19.3 Å². The van der Waals surface area contributed by atoms with Gasteiger partial charge in [0, 0.05) is 18.8 Å². The van der Waals surface area contributed by atoms with E-state index in [9.17, 15) is 4.79 Å². The van der Waals surface area contributed by atoms with Crippen molar-refractivity contribution in [2.24, 2.45) is 0 Å². The lowest BCUT2D eigenvalue weighted by atomic mass is 9.98. The van der Waals surface area contributed by atoms with E-state index in [2.05, 4.69) is 15.0 Å². The van der Waals surface area contributed by atoms with Gasteiger partial charge in [0.05, 0.1) is 13.2 Å². The largest absolute Gasteiger partial charge is 0.464 e. The van der Waals surface area contributed by atoms with Crippen LogP contribution in [-0.2, 0) is 16.0 Å². The molecule has 0 aliphatic heterocycles. The van der Waals surface area contributed by atoms with E-state index >= 15 is 0 Å². The Hall–Kier alpha value is -1.33. The Balaban J connectivity index is 1.53. The van der Waals surface area contributed by atoms with Gasteiger partial charge in [0.1, 0.15) is 5.69 Å². The number of rotatable bonds is 8. The molecule has 1 heterocycles. The molecule has 0 unspecified atom stereocenters. The molecular formula is C16H26N2O3. The third kappa shape index (κ3) is 5.52. The topological polar surface area (TPSA) is 63.4 Å². The van der Waals surface area contributed by atoms with Crippen LogP contribution in [0.15, 0.2) is 12.1 Å². The highest BCUT2D eigenvalue weighted by molar-refractivity contribution is 5.87. The second-order valence-electron chi connectivity index (χ2n) is 5.55. The van der Waals surface area contributed by atoms with E-state index in [4.69, 9.17) is 4.74 Å². The van der Waals surface area contributed by atoms with Crippen LogP contribution >= 0.6 is 0 Å². The molecule has 5 nitrogen and oxygen atoms in total. The molecule has 0 aromatic carbocycles. The van der Waals surface area contributed by atoms with E-state index in [-0.39, 0.29) is 5.97 Å². The van der Waals surface area contributed by atoms with Gasteiger partial charge in [-0.15, -0.1) is 0 Å². The minimum absolute atomic E-state index is 0.331. The van der Waals surface area contributed by atoms with Crippen LogP contribution in [0.25, 0.3) is 0 Å². The first-order chi connectivity index (χ1) is 10.3. The monoisotopic (exact) mass is 294 g/mol. The summed E-state index contributed by atoms with van der Waals surface area (Å²) in [5.41, 5.74) is 1.48. The molecule has 0 atom stereocenters. The van der Waals surface area contributed by atoms with Crippen molar-refractivity contribution >= 4 is 5.97 Å². The minimum Gasteiger partial charge on any atom is -0.464 e. The molecule has 5 heteroatoms. The molecule has 0 amide bonds. The minimum atomic E-state index is -0.331. The first kappa shape index (κ1) is 16.0. The Morgan fingerprint density at radius 2 is 2.14 bits per heavy atom. The average Bonchev–Trinajstić information content (AvgIpc) is 3.00. The van der Waals surface area contributed by atoms with Crippen molar-refractivity contribution in [3.8, 4) is 0 Å². The van der Waals surface area contributed by atoms with Crippen molar-refractivity contribution < 1.29 is 14.3 Å². The van der Waals surface area contributed by atoms with Crippen molar-refractivity contribution in [3.05, 3.63) is 23.5 Å². The molecule has 0 spiro atoms. The third-order valence-electron chi connectivity index (χ3n) is 3.87. The summed E-state index contributed by atoms with van der Waals surface area (Å²) >= 11 is 0. The van der Waals surface area contributed by atoms with E-state index < -0.39 is 0 Å². The van der Waals surface area contributed by atoms with Crippen LogP contribution in [0.3, 0.4) is 0 Å². The molecule has 2 N–H and O–H groups in total. The number of carbonyl (C=O) groups excluding carboxylic acids is 1. The standard InChI is InChI=1S/C16H26N2O3/c1-20-16(19)15-9-8-13(18-15)12-17-10-5-11-21-14-6-3-2-4-7-14/h8-9,14,17-18H,2-7,10-12H2,1H3. The predicted molar refractivity (Wildman–Crippen MR) is 81.3 cm³/mol. The fourth-order valence-corrected chi connectivity index (χ4v) is 2.67. The van der Waals surface area contributed by atoms with Gasteiger partial charge < -0.3 is 19.8 Å². The number of aromatic nitrogens is 1. The summed E-state index contributed by atoms with van der Waals surface area (Å²) in [6, 6.07) is 3.65. The van der Waals surface area contributed by atoms with Crippen molar-refractivity contribution in [1.29, 1.82) is 0 Å². The van der Waals surface area contributed by atoms with Gasteiger partial charge in [0.25, 0.3) is 0 Å². The Morgan fingerprint density at radius 1 is 1.33 bits per heavy atom. The Kier molecular flexibility index (Phi) is 6.76. The third-order valence-corrected chi connectivity index (χ3v) is 3.87. The summed E-state index contributed by atoms with van der Waals surface area (Å²) in [6.45, 7) is 2.47. The van der Waals surface area contributed by atoms with E-state index in [1.165, 1.54) is 39.2 Å². The zero-order valence-corrected chi connectivity index (χ0v) is 12.8. The molecule has 21 heavy (non-hydrogen) atoms. The van der Waals surface area contributed by atoms with Gasteiger partial charge in [-0.2, -0.15) is 0 Å². The van der Waals surface area contributed by atoms with E-state index in [1.807, 2.05) is 6.07 Å². The molecule has 1 aromatic heterocycles. The SMILES string of the molecule is COC(=O)c1ccc(CNCCCOC2CCCCC2)[nH]1. The van der Waals surface area contributed by atoms with E-state index in [0.29, 0.717) is 11.8 Å². The lowest BCUT2D eigenvalue weighted by Crippen LogP contribution is -2.20. The number of ether oxygens (including phenoxy) is 2. The number of carbonyl (C=O) groups is 1. The molecule has 1 aliphatic rings. The molecule has 0 radical (unpaired) electrons. The van der Waals surface area contributed by atoms with Gasteiger partial charge in [0.15, 0.2) is 0 Å². The first-order valence-electron chi connectivity index (χ1n) is 7.88. The fraction of sp³-hybridized carbons (Fsp3) is 0.688. The lowest BCUT2D eigenvalue weighted by Gasteiger charge is -2.21. The highest BCUT2D eigenvalue weighted by Gasteiger charge is 2.13. The summed E-state index contributed by atoms with van der Waals surface area (Å²) in [5, 5.41) is 3.35. The molecule has 0 saturated heterocycles. The van der Waals surface area contributed by atoms with Gasteiger partial charge in [-0.05, 0) is 37.9 Å².